The van der Waals surface area contributed by atoms with Crippen molar-refractivity contribution in [1.29, 1.82) is 0 Å². The number of alkyl halides is 3. The molecule has 0 bridgehead atoms. The van der Waals surface area contributed by atoms with Gasteiger partial charge < -0.3 is 21.3 Å². The number of thiocarbonyl (C=S) groups is 1. The molecule has 0 aromatic heterocycles. The minimum Gasteiger partial charge on any atom is -0.375 e. The van der Waals surface area contributed by atoms with Crippen molar-refractivity contribution >= 4 is 40.3 Å². The maximum Gasteiger partial charge on any atom is 0.416 e. The zero-order chi connectivity index (χ0) is 21.6. The van der Waals surface area contributed by atoms with Crippen LogP contribution in [0.25, 0.3) is 0 Å². The van der Waals surface area contributed by atoms with Crippen LogP contribution < -0.4 is 21.3 Å². The number of unbranched alkanes of at least 4 members (excludes halogenated alkanes) is 1. The van der Waals surface area contributed by atoms with E-state index in [9.17, 15) is 18.0 Å². The Balaban J connectivity index is 2.19. The minimum absolute atomic E-state index is 0.123. The number of primary amides is 1. The molecule has 0 unspecified atom stereocenters. The van der Waals surface area contributed by atoms with Gasteiger partial charge >= 0.3 is 6.18 Å². The quantitative estimate of drug-likeness (QED) is 0.555. The van der Waals surface area contributed by atoms with E-state index >= 15 is 0 Å². The molecular weight excluding hydrogens is 401 g/mol. The average Bonchev–Trinajstić information content (AvgIpc) is 2.65. The number of carbonyl (C=O) groups excluding carboxylic acids is 1. The summed E-state index contributed by atoms with van der Waals surface area (Å²) < 4.78 is 40.0. The summed E-state index contributed by atoms with van der Waals surface area (Å²) in [5.74, 6) is -0.555. The van der Waals surface area contributed by atoms with Crippen LogP contribution in [-0.4, -0.2) is 24.6 Å². The van der Waals surface area contributed by atoms with Gasteiger partial charge in [0.15, 0.2) is 5.11 Å². The SMILES string of the molecule is CCCCN(C)c1cc(NC(=S)Nc2ccc(C(N)=O)cc2)cc(C(F)(F)F)c1. The molecule has 0 atom stereocenters. The molecule has 0 aliphatic heterocycles. The van der Waals surface area contributed by atoms with Crippen LogP contribution in [0.15, 0.2) is 42.5 Å². The van der Waals surface area contributed by atoms with E-state index in [1.807, 2.05) is 6.92 Å². The van der Waals surface area contributed by atoms with Gasteiger partial charge in [0.2, 0.25) is 5.91 Å². The van der Waals surface area contributed by atoms with E-state index in [1.54, 1.807) is 30.1 Å². The number of nitrogens with two attached hydrogens (primary N) is 1. The number of amides is 1. The molecule has 29 heavy (non-hydrogen) atoms. The highest BCUT2D eigenvalue weighted by molar-refractivity contribution is 7.80. The molecule has 0 spiro atoms. The van der Waals surface area contributed by atoms with Crippen LogP contribution in [0.5, 0.6) is 0 Å². The summed E-state index contributed by atoms with van der Waals surface area (Å²) in [5, 5.41) is 5.79. The fourth-order valence-corrected chi connectivity index (χ4v) is 2.84. The fourth-order valence-electron chi connectivity index (χ4n) is 2.60. The third-order valence-electron chi connectivity index (χ3n) is 4.22. The molecule has 0 saturated carbocycles. The Kier molecular flexibility index (Phi) is 7.44. The minimum atomic E-state index is -4.47. The summed E-state index contributed by atoms with van der Waals surface area (Å²) in [6.07, 6.45) is -2.66. The summed E-state index contributed by atoms with van der Waals surface area (Å²) in [6, 6.07) is 10.0. The number of halogens is 3. The van der Waals surface area contributed by atoms with Crippen molar-refractivity contribution < 1.29 is 18.0 Å². The Hall–Kier alpha value is -2.81. The summed E-state index contributed by atoms with van der Waals surface area (Å²) in [7, 11) is 1.76. The van der Waals surface area contributed by atoms with Crippen LogP contribution >= 0.6 is 12.2 Å². The van der Waals surface area contributed by atoms with Crippen molar-refractivity contribution in [3.8, 4) is 0 Å². The molecule has 0 heterocycles. The molecule has 0 saturated heterocycles. The summed E-state index contributed by atoms with van der Waals surface area (Å²) in [5.41, 5.74) is 6.02. The average molecular weight is 424 g/mol. The van der Waals surface area contributed by atoms with E-state index in [-0.39, 0.29) is 10.8 Å². The number of anilines is 3. The van der Waals surface area contributed by atoms with Gasteiger partial charge in [0.1, 0.15) is 0 Å². The first kappa shape index (κ1) is 22.5. The lowest BCUT2D eigenvalue weighted by atomic mass is 10.1. The van der Waals surface area contributed by atoms with Crippen molar-refractivity contribution in [2.75, 3.05) is 29.1 Å². The molecule has 2 rings (SSSR count). The van der Waals surface area contributed by atoms with E-state index in [0.717, 1.165) is 25.0 Å². The Morgan fingerprint density at radius 3 is 2.28 bits per heavy atom. The highest BCUT2D eigenvalue weighted by Crippen LogP contribution is 2.34. The summed E-state index contributed by atoms with van der Waals surface area (Å²) >= 11 is 5.21. The molecule has 0 fully saturated rings. The first-order valence-electron chi connectivity index (χ1n) is 9.01. The van der Waals surface area contributed by atoms with Gasteiger partial charge in [-0.3, -0.25) is 4.79 Å². The van der Waals surface area contributed by atoms with Gasteiger partial charge in [-0.1, -0.05) is 13.3 Å². The van der Waals surface area contributed by atoms with Crippen molar-refractivity contribution in [1.82, 2.24) is 0 Å². The van der Waals surface area contributed by atoms with E-state index in [4.69, 9.17) is 18.0 Å². The second kappa shape index (κ2) is 9.60. The lowest BCUT2D eigenvalue weighted by Crippen LogP contribution is -2.22. The van der Waals surface area contributed by atoms with Gasteiger partial charge in [0, 0.05) is 36.2 Å². The number of nitrogens with zero attached hydrogens (tertiary/aromatic N) is 1. The molecule has 0 radical (unpaired) electrons. The van der Waals surface area contributed by atoms with E-state index in [1.165, 1.54) is 12.1 Å². The van der Waals surface area contributed by atoms with Gasteiger partial charge in [-0.2, -0.15) is 13.2 Å². The molecule has 1 amide bonds. The Bertz CT molecular complexity index is 869. The lowest BCUT2D eigenvalue weighted by molar-refractivity contribution is -0.137. The van der Waals surface area contributed by atoms with Gasteiger partial charge in [-0.25, -0.2) is 0 Å². The normalized spacial score (nSPS) is 11.1. The molecule has 0 aliphatic carbocycles. The van der Waals surface area contributed by atoms with Crippen LogP contribution in [0.2, 0.25) is 0 Å². The summed E-state index contributed by atoms with van der Waals surface area (Å²) in [4.78, 5) is 12.9. The van der Waals surface area contributed by atoms with Crippen LogP contribution in [0.3, 0.4) is 0 Å². The number of hydrogen-bond donors (Lipinski definition) is 3. The van der Waals surface area contributed by atoms with Gasteiger partial charge in [0.05, 0.1) is 5.56 Å². The Labute approximate surface area is 173 Å². The van der Waals surface area contributed by atoms with Crippen LogP contribution in [0.4, 0.5) is 30.2 Å². The molecule has 2 aromatic rings. The number of benzene rings is 2. The highest BCUT2D eigenvalue weighted by atomic mass is 32.1. The number of hydrogen-bond acceptors (Lipinski definition) is 3. The van der Waals surface area contributed by atoms with Gasteiger partial charge in [-0.05, 0) is 61.1 Å². The Morgan fingerprint density at radius 1 is 1.10 bits per heavy atom. The highest BCUT2D eigenvalue weighted by Gasteiger charge is 2.31. The lowest BCUT2D eigenvalue weighted by Gasteiger charge is -2.22. The predicted molar refractivity (Wildman–Crippen MR) is 114 cm³/mol. The molecule has 9 heteroatoms. The van der Waals surface area contributed by atoms with Crippen molar-refractivity contribution in [2.45, 2.75) is 25.9 Å². The summed E-state index contributed by atoms with van der Waals surface area (Å²) in [6.45, 7) is 2.67. The second-order valence-electron chi connectivity index (χ2n) is 6.56. The monoisotopic (exact) mass is 424 g/mol. The van der Waals surface area contributed by atoms with Gasteiger partial charge in [0.25, 0.3) is 0 Å². The Morgan fingerprint density at radius 2 is 1.72 bits per heavy atom. The van der Waals surface area contributed by atoms with Crippen LogP contribution in [-0.2, 0) is 6.18 Å². The third kappa shape index (κ3) is 6.63. The molecule has 5 nitrogen and oxygen atoms in total. The zero-order valence-corrected chi connectivity index (χ0v) is 17.0. The number of carbonyl (C=O) groups is 1. The smallest absolute Gasteiger partial charge is 0.375 e. The van der Waals surface area contributed by atoms with Crippen molar-refractivity contribution in [2.24, 2.45) is 5.73 Å². The number of nitrogens with one attached hydrogen (secondary N) is 2. The first-order chi connectivity index (χ1) is 13.6. The van der Waals surface area contributed by atoms with E-state index in [0.29, 0.717) is 23.5 Å². The van der Waals surface area contributed by atoms with Crippen LogP contribution in [0, 0.1) is 0 Å². The van der Waals surface area contributed by atoms with Crippen molar-refractivity contribution in [3.05, 3.63) is 53.6 Å². The topological polar surface area (TPSA) is 70.4 Å². The maximum atomic E-state index is 13.3. The zero-order valence-electron chi connectivity index (χ0n) is 16.1. The predicted octanol–water partition coefficient (Wildman–Crippen LogP) is 4.85. The standard InChI is InChI=1S/C20H23F3N4OS/c1-3-4-9-27(2)17-11-14(20(21,22)23)10-16(12-17)26-19(29)25-15-7-5-13(6-8-15)18(24)28/h5-8,10-12H,3-4,9H2,1-2H3,(H2,24,28)(H2,25,26,29). The maximum absolute atomic E-state index is 13.3. The molecule has 4 N–H and O–H groups in total. The van der Waals surface area contributed by atoms with Crippen molar-refractivity contribution in [3.63, 3.8) is 0 Å². The first-order valence-corrected chi connectivity index (χ1v) is 9.42. The number of rotatable bonds is 7. The largest absolute Gasteiger partial charge is 0.416 e. The molecule has 156 valence electrons. The van der Waals surface area contributed by atoms with Gasteiger partial charge in [-0.15, -0.1) is 0 Å². The molecule has 2 aromatic carbocycles. The van der Waals surface area contributed by atoms with E-state index < -0.39 is 17.6 Å². The third-order valence-corrected chi connectivity index (χ3v) is 4.42. The van der Waals surface area contributed by atoms with E-state index in [2.05, 4.69) is 10.6 Å². The molecular formula is C20H23F3N4OS. The fraction of sp³-hybridized carbons (Fsp3) is 0.300. The second-order valence-corrected chi connectivity index (χ2v) is 6.97. The van der Waals surface area contributed by atoms with Crippen LogP contribution in [0.1, 0.15) is 35.7 Å². The molecule has 0 aliphatic rings.